The molecule has 412 valence electrons. The first kappa shape index (κ1) is 60.4. The van der Waals surface area contributed by atoms with Crippen LogP contribution in [0.3, 0.4) is 0 Å². The Kier molecular flexibility index (Phi) is 24.0. The number of aliphatic imine (C=N–C) groups is 1. The van der Waals surface area contributed by atoms with Gasteiger partial charge in [0.2, 0.25) is 35.4 Å². The molecule has 73 heavy (non-hydrogen) atoms. The van der Waals surface area contributed by atoms with Crippen molar-refractivity contribution in [3.63, 3.8) is 0 Å². The average molecular weight is 1040 g/mol. The Hall–Kier alpha value is -5.19. The van der Waals surface area contributed by atoms with Crippen LogP contribution in [-0.4, -0.2) is 270 Å². The topological polar surface area (TPSA) is 361 Å². The van der Waals surface area contributed by atoms with Gasteiger partial charge in [-0.05, 0) is 76.5 Å². The number of primary amides is 1. The van der Waals surface area contributed by atoms with Gasteiger partial charge < -0.3 is 67.5 Å². The molecule has 5 atom stereocenters. The second kappa shape index (κ2) is 29.0. The maximum Gasteiger partial charge on any atom is 0.475 e. The van der Waals surface area contributed by atoms with Crippen molar-refractivity contribution in [3.8, 4) is 0 Å². The van der Waals surface area contributed by atoms with Gasteiger partial charge in [0.25, 0.3) is 0 Å². The van der Waals surface area contributed by atoms with Gasteiger partial charge in [0.15, 0.2) is 5.96 Å². The summed E-state index contributed by atoms with van der Waals surface area (Å²) in [7, 11) is 3.38. The summed E-state index contributed by atoms with van der Waals surface area (Å²) >= 11 is 0. The highest BCUT2D eigenvalue weighted by atomic mass is 16.4. The largest absolute Gasteiger partial charge is 0.480 e. The summed E-state index contributed by atoms with van der Waals surface area (Å²) in [6.45, 7) is 4.01. The van der Waals surface area contributed by atoms with Crippen molar-refractivity contribution in [1.82, 2.24) is 50.2 Å². The van der Waals surface area contributed by atoms with Gasteiger partial charge >= 0.3 is 19.1 Å². The second-order valence-electron chi connectivity index (χ2n) is 20.5. The van der Waals surface area contributed by atoms with Crippen LogP contribution in [0.5, 0.6) is 0 Å². The summed E-state index contributed by atoms with van der Waals surface area (Å²) in [4.78, 5) is 118. The number of amides is 6. The van der Waals surface area contributed by atoms with E-state index in [2.05, 4.69) is 20.9 Å². The van der Waals surface area contributed by atoms with Crippen LogP contribution in [0, 0.1) is 17.8 Å². The van der Waals surface area contributed by atoms with Crippen LogP contribution in [0.25, 0.3) is 0 Å². The summed E-state index contributed by atoms with van der Waals surface area (Å²) in [5.41, 5.74) is 10.3. The second-order valence-corrected chi connectivity index (χ2v) is 20.5. The number of carboxylic acid groups (broad SMARTS) is 2. The average Bonchev–Trinajstić information content (AvgIpc) is 3.86. The number of carbonyl (C=O) groups excluding carboxylic acids is 6. The van der Waals surface area contributed by atoms with Crippen LogP contribution < -0.4 is 27.4 Å². The van der Waals surface area contributed by atoms with Crippen molar-refractivity contribution >= 4 is 60.5 Å². The Labute approximate surface area is 428 Å². The molecule has 0 aromatic heterocycles. The van der Waals surface area contributed by atoms with Crippen molar-refractivity contribution in [2.24, 2.45) is 34.2 Å². The fraction of sp³-hybridized carbons (Fsp3) is 0.804. The molecule has 4 aliphatic rings. The number of carbonyl (C=O) groups is 8. The Balaban J connectivity index is 1.28. The van der Waals surface area contributed by atoms with Crippen LogP contribution in [0.1, 0.15) is 71.1 Å². The third-order valence-electron chi connectivity index (χ3n) is 14.4. The Morgan fingerprint density at radius 3 is 1.85 bits per heavy atom. The summed E-state index contributed by atoms with van der Waals surface area (Å²) in [5.74, 6) is -5.26. The minimum atomic E-state index is -1.80. The third-order valence-corrected chi connectivity index (χ3v) is 14.4. The van der Waals surface area contributed by atoms with E-state index < -0.39 is 60.4 Å². The number of nitrogens with zero attached hydrogens (tertiary/aromatic N) is 8. The highest BCUT2D eigenvalue weighted by molar-refractivity contribution is 6.43. The maximum atomic E-state index is 14.3. The lowest BCUT2D eigenvalue weighted by Gasteiger charge is -2.33. The SMILES string of the molecule is C[C@@H](NC(=O)C1CCC(CNC(=O)CCCCN(C)C(=O)C2(NC(=O)CN3CCN(CC(=O)O)CCN(CC(N)=O)CCN(CC(=O)O)CC3)CC2CCN=C(N)N(C)C)CC1)C(=O)N1C[C@@H](O)C[C@H]1B(O)O. The summed E-state index contributed by atoms with van der Waals surface area (Å²) < 4.78 is 0. The van der Waals surface area contributed by atoms with E-state index in [1.54, 1.807) is 45.6 Å². The van der Waals surface area contributed by atoms with Crippen molar-refractivity contribution in [2.75, 3.05) is 126 Å². The van der Waals surface area contributed by atoms with E-state index in [4.69, 9.17) is 11.5 Å². The zero-order chi connectivity index (χ0) is 54.0. The lowest BCUT2D eigenvalue weighted by atomic mass is 9.77. The molecule has 27 heteroatoms. The minimum absolute atomic E-state index is 0.0364. The number of nitrogens with two attached hydrogens (primary N) is 2. The number of likely N-dealkylation sites (N-methyl/N-ethyl adjacent to an activating group) is 1. The zero-order valence-corrected chi connectivity index (χ0v) is 43.2. The van der Waals surface area contributed by atoms with Gasteiger partial charge in [0.1, 0.15) is 11.6 Å². The number of hydrogen-bond donors (Lipinski definition) is 10. The van der Waals surface area contributed by atoms with Crippen LogP contribution >= 0.6 is 0 Å². The highest BCUT2D eigenvalue weighted by Crippen LogP contribution is 2.47. The van der Waals surface area contributed by atoms with E-state index in [9.17, 15) is 63.7 Å². The number of guanidine groups is 1. The Bertz CT molecular complexity index is 1900. The predicted molar refractivity (Wildman–Crippen MR) is 268 cm³/mol. The molecule has 12 N–H and O–H groups in total. The molecule has 2 saturated carbocycles. The Morgan fingerprint density at radius 1 is 0.781 bits per heavy atom. The zero-order valence-electron chi connectivity index (χ0n) is 43.2. The molecule has 2 unspecified atom stereocenters. The van der Waals surface area contributed by atoms with Gasteiger partial charge in [-0.1, -0.05) is 0 Å². The van der Waals surface area contributed by atoms with Crippen LogP contribution in [0.4, 0.5) is 0 Å². The van der Waals surface area contributed by atoms with Gasteiger partial charge in [-0.2, -0.15) is 0 Å². The predicted octanol–water partition coefficient (Wildman–Crippen LogP) is -4.97. The molecule has 4 rings (SSSR count). The molecule has 6 amide bonds. The number of aliphatic carboxylic acids is 2. The molecule has 26 nitrogen and oxygen atoms in total. The lowest BCUT2D eigenvalue weighted by Crippen LogP contribution is -2.54. The van der Waals surface area contributed by atoms with E-state index in [1.165, 1.54) is 11.8 Å². The molecule has 0 bridgehead atoms. The van der Waals surface area contributed by atoms with Crippen molar-refractivity contribution in [2.45, 2.75) is 94.8 Å². The monoisotopic (exact) mass is 1040 g/mol. The molecule has 4 fully saturated rings. The molecule has 0 radical (unpaired) electrons. The summed E-state index contributed by atoms with van der Waals surface area (Å²) in [6, 6.07) is -0.910. The molecular weight excluding hydrogens is 953 g/mol. The van der Waals surface area contributed by atoms with Gasteiger partial charge in [0.05, 0.1) is 38.2 Å². The standard InChI is InChI=1S/C46H82BN13O13/c1-31(43(70)60-26-35(61)23-36(60)47(72)73)52-42(69)33-10-8-32(9-11-33)25-51-38(63)7-5-6-14-55(4)44(71)46(24-34(46)12-13-50-45(49)54(2)3)53-39(64)28-57-17-21-58(29-40(65)66)19-15-56(27-37(48)62)16-20-59(22-18-57)30-41(67)68/h31-36,61,72-73H,5-30H2,1-4H3,(H2,48,62)(H2,49,50)(H,51,63)(H,52,69)(H,53,64)(H,65,66)(H,67,68)/t31-,32?,33?,34?,35+,36+,46?/m1/s1. The van der Waals surface area contributed by atoms with E-state index in [1.807, 2.05) is 4.90 Å². The number of rotatable bonds is 24. The summed E-state index contributed by atoms with van der Waals surface area (Å²) in [6.07, 6.45) is 3.81. The molecule has 2 aliphatic carbocycles. The first-order valence-corrected chi connectivity index (χ1v) is 25.5. The van der Waals surface area contributed by atoms with E-state index >= 15 is 0 Å². The van der Waals surface area contributed by atoms with E-state index in [0.717, 1.165) is 0 Å². The molecule has 0 aromatic carbocycles. The number of hydrogen-bond acceptors (Lipinski definition) is 16. The van der Waals surface area contributed by atoms with Gasteiger partial charge in [0, 0.05) is 112 Å². The number of aliphatic hydroxyl groups is 1. The van der Waals surface area contributed by atoms with Gasteiger partial charge in [-0.25, -0.2) is 0 Å². The van der Waals surface area contributed by atoms with E-state index in [-0.39, 0.29) is 120 Å². The number of carboxylic acids is 2. The minimum Gasteiger partial charge on any atom is -0.480 e. The maximum absolute atomic E-state index is 14.3. The first-order valence-electron chi connectivity index (χ1n) is 25.5. The van der Waals surface area contributed by atoms with Gasteiger partial charge in [-0.15, -0.1) is 0 Å². The Morgan fingerprint density at radius 2 is 1.33 bits per heavy atom. The number of nitrogens with one attached hydrogen (secondary N) is 3. The fourth-order valence-electron chi connectivity index (χ4n) is 10.0. The first-order chi connectivity index (χ1) is 34.5. The fourth-order valence-corrected chi connectivity index (χ4v) is 10.0. The number of unbranched alkanes of at least 4 members (excludes halogenated alkanes) is 1. The van der Waals surface area contributed by atoms with Crippen molar-refractivity contribution in [1.29, 1.82) is 0 Å². The molecule has 2 aliphatic heterocycles. The summed E-state index contributed by atoms with van der Waals surface area (Å²) in [5, 5.41) is 57.3. The quantitative estimate of drug-likeness (QED) is 0.0187. The van der Waals surface area contributed by atoms with Crippen LogP contribution in [-0.2, 0) is 38.4 Å². The van der Waals surface area contributed by atoms with Gasteiger partial charge in [-0.3, -0.25) is 62.9 Å². The molecular formula is C46H82BN13O13. The van der Waals surface area contributed by atoms with E-state index in [0.29, 0.717) is 90.0 Å². The lowest BCUT2D eigenvalue weighted by molar-refractivity contribution is -0.139. The molecule has 0 spiro atoms. The number of likely N-dealkylation sites (tertiary alicyclic amines) is 1. The highest BCUT2D eigenvalue weighted by Gasteiger charge is 2.61. The van der Waals surface area contributed by atoms with Crippen LogP contribution in [0.15, 0.2) is 4.99 Å². The number of β-amino-alcohol motifs (C(OH)–C–C–N with tert-alkyl or cyclic N) is 1. The molecule has 0 aromatic rings. The van der Waals surface area contributed by atoms with Crippen molar-refractivity contribution < 1.29 is 63.7 Å². The normalized spacial score (nSPS) is 25.3. The van der Waals surface area contributed by atoms with Crippen molar-refractivity contribution in [3.05, 3.63) is 0 Å². The third kappa shape index (κ3) is 19.9. The molecule has 2 saturated heterocycles. The van der Waals surface area contributed by atoms with Crippen LogP contribution in [0.2, 0.25) is 0 Å². The number of aliphatic hydroxyl groups excluding tert-OH is 1. The smallest absolute Gasteiger partial charge is 0.475 e. The molecule has 2 heterocycles.